The minimum absolute atomic E-state index is 0.0279. The Hall–Kier alpha value is -1.44. The number of rotatable bonds is 5. The number of hydrogen-bond acceptors (Lipinski definition) is 4. The quantitative estimate of drug-likeness (QED) is 0.830. The number of benzene rings is 1. The van der Waals surface area contributed by atoms with Crippen LogP contribution in [-0.2, 0) is 32.4 Å². The Balaban J connectivity index is 1.33. The van der Waals surface area contributed by atoms with E-state index in [9.17, 15) is 13.2 Å². The van der Waals surface area contributed by atoms with E-state index in [0.29, 0.717) is 37.4 Å². The molecule has 1 unspecified atom stereocenters. The Morgan fingerprint density at radius 2 is 1.89 bits per heavy atom. The van der Waals surface area contributed by atoms with Crippen LogP contribution in [0.2, 0.25) is 0 Å². The van der Waals surface area contributed by atoms with Gasteiger partial charge in [0.2, 0.25) is 15.9 Å². The zero-order valence-corrected chi connectivity index (χ0v) is 16.5. The molecule has 1 aromatic carbocycles. The zero-order valence-electron chi connectivity index (χ0n) is 15.7. The van der Waals surface area contributed by atoms with Gasteiger partial charge in [-0.3, -0.25) is 4.79 Å². The Kier molecular flexibility index (Phi) is 5.53. The SMILES string of the molecule is O=C(NCC1CCCO1)C1CCN(S(=O)(=O)c2ccc3c(c2)CCC3)CC1. The molecule has 2 saturated heterocycles. The molecule has 1 atom stereocenters. The number of sulfonamides is 1. The summed E-state index contributed by atoms with van der Waals surface area (Å²) >= 11 is 0. The number of carbonyl (C=O) groups excluding carboxylic acids is 1. The standard InChI is InChI=1S/C20H28N2O4S/c23-20(21-14-18-5-2-12-26-18)16-8-10-22(11-9-16)27(24,25)19-7-6-15-3-1-4-17(15)13-19/h6-7,13,16,18H,1-5,8-12,14H2,(H,21,23). The van der Waals surface area contributed by atoms with Crippen molar-refractivity contribution in [2.45, 2.75) is 55.9 Å². The maximum Gasteiger partial charge on any atom is 0.243 e. The summed E-state index contributed by atoms with van der Waals surface area (Å²) in [5.41, 5.74) is 2.44. The first-order valence-electron chi connectivity index (χ1n) is 10.1. The smallest absolute Gasteiger partial charge is 0.243 e. The first-order valence-corrected chi connectivity index (χ1v) is 11.5. The lowest BCUT2D eigenvalue weighted by molar-refractivity contribution is -0.126. The second-order valence-electron chi connectivity index (χ2n) is 7.84. The van der Waals surface area contributed by atoms with Gasteiger partial charge in [0.1, 0.15) is 0 Å². The van der Waals surface area contributed by atoms with E-state index in [0.717, 1.165) is 38.7 Å². The van der Waals surface area contributed by atoms with Gasteiger partial charge >= 0.3 is 0 Å². The van der Waals surface area contributed by atoms with E-state index in [2.05, 4.69) is 5.32 Å². The molecule has 1 N–H and O–H groups in total. The summed E-state index contributed by atoms with van der Waals surface area (Å²) in [6, 6.07) is 5.54. The molecule has 1 amide bonds. The number of nitrogens with zero attached hydrogens (tertiary/aromatic N) is 1. The van der Waals surface area contributed by atoms with Crippen molar-refractivity contribution in [1.82, 2.24) is 9.62 Å². The summed E-state index contributed by atoms with van der Waals surface area (Å²) in [5.74, 6) is -0.0852. The third kappa shape index (κ3) is 4.05. The van der Waals surface area contributed by atoms with Crippen molar-refractivity contribution in [3.05, 3.63) is 29.3 Å². The molecule has 0 radical (unpaired) electrons. The van der Waals surface area contributed by atoms with Gasteiger partial charge in [-0.2, -0.15) is 4.31 Å². The van der Waals surface area contributed by atoms with Gasteiger partial charge in [0.05, 0.1) is 11.0 Å². The number of aryl methyl sites for hydroxylation is 2. The number of fused-ring (bicyclic) bond motifs is 1. The Labute approximate surface area is 161 Å². The first-order chi connectivity index (χ1) is 13.0. The lowest BCUT2D eigenvalue weighted by atomic mass is 9.97. The highest BCUT2D eigenvalue weighted by atomic mass is 32.2. The number of hydrogen-bond donors (Lipinski definition) is 1. The summed E-state index contributed by atoms with van der Waals surface area (Å²) in [5, 5.41) is 2.98. The normalized spacial score (nSPS) is 24.1. The lowest BCUT2D eigenvalue weighted by Gasteiger charge is -2.30. The first kappa shape index (κ1) is 18.9. The minimum Gasteiger partial charge on any atom is -0.376 e. The minimum atomic E-state index is -3.48. The van der Waals surface area contributed by atoms with Crippen molar-refractivity contribution in [2.75, 3.05) is 26.2 Å². The van der Waals surface area contributed by atoms with Crippen LogP contribution in [0.1, 0.15) is 43.2 Å². The third-order valence-electron chi connectivity index (χ3n) is 6.06. The van der Waals surface area contributed by atoms with Gasteiger partial charge in [0.25, 0.3) is 0 Å². The van der Waals surface area contributed by atoms with Gasteiger partial charge in [-0.05, 0) is 68.2 Å². The van der Waals surface area contributed by atoms with Gasteiger partial charge in [0, 0.05) is 32.2 Å². The van der Waals surface area contributed by atoms with Crippen LogP contribution in [0.15, 0.2) is 23.1 Å². The van der Waals surface area contributed by atoms with Crippen LogP contribution in [-0.4, -0.2) is 51.0 Å². The van der Waals surface area contributed by atoms with Crippen molar-refractivity contribution in [3.63, 3.8) is 0 Å². The highest BCUT2D eigenvalue weighted by Crippen LogP contribution is 2.28. The largest absolute Gasteiger partial charge is 0.376 e. The molecule has 1 aliphatic carbocycles. The molecule has 0 aromatic heterocycles. The average molecular weight is 393 g/mol. The predicted octanol–water partition coefficient (Wildman–Crippen LogP) is 1.87. The van der Waals surface area contributed by atoms with Gasteiger partial charge in [-0.15, -0.1) is 0 Å². The fraction of sp³-hybridized carbons (Fsp3) is 0.650. The second-order valence-corrected chi connectivity index (χ2v) is 9.78. The van der Waals surface area contributed by atoms with E-state index < -0.39 is 10.0 Å². The summed E-state index contributed by atoms with van der Waals surface area (Å²) in [7, 11) is -3.48. The van der Waals surface area contributed by atoms with Crippen LogP contribution >= 0.6 is 0 Å². The molecule has 27 heavy (non-hydrogen) atoms. The summed E-state index contributed by atoms with van der Waals surface area (Å²) in [6.07, 6.45) is 6.44. The van der Waals surface area contributed by atoms with Crippen LogP contribution < -0.4 is 5.32 Å². The molecule has 2 heterocycles. The number of amides is 1. The lowest BCUT2D eigenvalue weighted by Crippen LogP contribution is -2.44. The fourth-order valence-electron chi connectivity index (χ4n) is 4.38. The fourth-order valence-corrected chi connectivity index (χ4v) is 5.90. The molecule has 6 nitrogen and oxygen atoms in total. The number of piperidine rings is 1. The Morgan fingerprint density at radius 3 is 2.63 bits per heavy atom. The van der Waals surface area contributed by atoms with Crippen LogP contribution in [0.25, 0.3) is 0 Å². The molecular formula is C20H28N2O4S. The van der Waals surface area contributed by atoms with Crippen LogP contribution in [0.3, 0.4) is 0 Å². The molecule has 0 bridgehead atoms. The summed E-state index contributed by atoms with van der Waals surface area (Å²) in [6.45, 7) is 2.14. The van der Waals surface area contributed by atoms with Crippen LogP contribution in [0.4, 0.5) is 0 Å². The van der Waals surface area contributed by atoms with Crippen molar-refractivity contribution < 1.29 is 17.9 Å². The number of ether oxygens (including phenoxy) is 1. The van der Waals surface area contributed by atoms with Crippen LogP contribution in [0.5, 0.6) is 0 Å². The van der Waals surface area contributed by atoms with Gasteiger partial charge in [-0.1, -0.05) is 6.07 Å². The molecule has 4 rings (SSSR count). The van der Waals surface area contributed by atoms with Gasteiger partial charge < -0.3 is 10.1 Å². The molecule has 7 heteroatoms. The number of carbonyl (C=O) groups is 1. The summed E-state index contributed by atoms with van der Waals surface area (Å²) in [4.78, 5) is 12.8. The van der Waals surface area contributed by atoms with E-state index in [-0.39, 0.29) is 17.9 Å². The molecule has 0 saturated carbocycles. The van der Waals surface area contributed by atoms with Crippen molar-refractivity contribution in [1.29, 1.82) is 0 Å². The monoisotopic (exact) mass is 392 g/mol. The molecule has 2 fully saturated rings. The van der Waals surface area contributed by atoms with Gasteiger partial charge in [-0.25, -0.2) is 8.42 Å². The van der Waals surface area contributed by atoms with E-state index >= 15 is 0 Å². The molecule has 0 spiro atoms. The maximum atomic E-state index is 13.0. The van der Waals surface area contributed by atoms with Gasteiger partial charge in [0.15, 0.2) is 0 Å². The van der Waals surface area contributed by atoms with Crippen molar-refractivity contribution in [3.8, 4) is 0 Å². The van der Waals surface area contributed by atoms with Crippen molar-refractivity contribution >= 4 is 15.9 Å². The Morgan fingerprint density at radius 1 is 1.11 bits per heavy atom. The molecule has 3 aliphatic rings. The molecular weight excluding hydrogens is 364 g/mol. The topological polar surface area (TPSA) is 75.7 Å². The van der Waals surface area contributed by atoms with E-state index in [1.807, 2.05) is 12.1 Å². The zero-order chi connectivity index (χ0) is 18.9. The second kappa shape index (κ2) is 7.89. The predicted molar refractivity (Wildman–Crippen MR) is 102 cm³/mol. The Bertz CT molecular complexity index is 794. The van der Waals surface area contributed by atoms with E-state index in [1.54, 1.807) is 6.07 Å². The van der Waals surface area contributed by atoms with E-state index in [4.69, 9.17) is 4.74 Å². The number of nitrogens with one attached hydrogen (secondary N) is 1. The van der Waals surface area contributed by atoms with Crippen LogP contribution in [0, 0.1) is 5.92 Å². The van der Waals surface area contributed by atoms with E-state index in [1.165, 1.54) is 15.4 Å². The molecule has 2 aliphatic heterocycles. The third-order valence-corrected chi connectivity index (χ3v) is 7.96. The molecule has 1 aromatic rings. The highest BCUT2D eigenvalue weighted by Gasteiger charge is 2.32. The maximum absolute atomic E-state index is 13.0. The van der Waals surface area contributed by atoms with Crippen molar-refractivity contribution in [2.24, 2.45) is 5.92 Å². The molecule has 148 valence electrons. The average Bonchev–Trinajstić information content (AvgIpc) is 3.37. The highest BCUT2D eigenvalue weighted by molar-refractivity contribution is 7.89. The summed E-state index contributed by atoms with van der Waals surface area (Å²) < 4.78 is 33.0.